The van der Waals surface area contributed by atoms with Gasteiger partial charge in [0, 0.05) is 0 Å². The topological polar surface area (TPSA) is 92.7 Å². The van der Waals surface area contributed by atoms with Crippen LogP contribution in [0.2, 0.25) is 0 Å². The minimum absolute atomic E-state index is 0.0991. The van der Waals surface area contributed by atoms with Gasteiger partial charge in [-0.1, -0.05) is 18.2 Å². The van der Waals surface area contributed by atoms with Crippen LogP contribution in [-0.2, 0) is 30.3 Å². The summed E-state index contributed by atoms with van der Waals surface area (Å²) in [5.41, 5.74) is 0.948. The lowest BCUT2D eigenvalue weighted by Crippen LogP contribution is -2.58. The fourth-order valence-corrected chi connectivity index (χ4v) is 2.85. The maximum absolute atomic E-state index is 11.4. The van der Waals surface area contributed by atoms with Crippen LogP contribution in [-0.4, -0.2) is 62.3 Å². The highest BCUT2D eigenvalue weighted by Gasteiger charge is 2.54. The van der Waals surface area contributed by atoms with Crippen molar-refractivity contribution in [3.05, 3.63) is 42.5 Å². The van der Waals surface area contributed by atoms with E-state index in [1.807, 2.05) is 24.3 Å². The van der Waals surface area contributed by atoms with Crippen molar-refractivity contribution >= 4 is 6.16 Å². The van der Waals surface area contributed by atoms with Crippen molar-refractivity contribution < 1.29 is 38.3 Å². The van der Waals surface area contributed by atoms with E-state index in [1.165, 1.54) is 0 Å². The van der Waals surface area contributed by atoms with Crippen LogP contribution in [0.1, 0.15) is 5.56 Å². The third-order valence-corrected chi connectivity index (χ3v) is 4.17. The molecule has 0 unspecified atom stereocenters. The van der Waals surface area contributed by atoms with Crippen molar-refractivity contribution in [1.82, 2.24) is 0 Å². The fourth-order valence-electron chi connectivity index (χ4n) is 2.85. The number of carbonyl (C=O) groups excluding carboxylic acids is 1. The van der Waals surface area contributed by atoms with Gasteiger partial charge < -0.3 is 33.5 Å². The van der Waals surface area contributed by atoms with E-state index >= 15 is 0 Å². The number of ether oxygens (including phenoxy) is 6. The second kappa shape index (κ2) is 8.50. The van der Waals surface area contributed by atoms with Gasteiger partial charge in [-0.2, -0.15) is 0 Å². The molecular weight excluding hydrogens is 344 g/mol. The molecule has 5 atom stereocenters. The second-order valence-corrected chi connectivity index (χ2v) is 5.93. The average molecular weight is 366 g/mol. The quantitative estimate of drug-likeness (QED) is 0.545. The first kappa shape index (κ1) is 18.7. The Morgan fingerprint density at radius 2 is 1.96 bits per heavy atom. The lowest BCUT2D eigenvalue weighted by atomic mass is 9.99. The van der Waals surface area contributed by atoms with E-state index in [-0.39, 0.29) is 13.2 Å². The molecule has 0 aromatic heterocycles. The van der Waals surface area contributed by atoms with Gasteiger partial charge in [0.2, 0.25) is 0 Å². The van der Waals surface area contributed by atoms with E-state index in [0.717, 1.165) is 11.3 Å². The summed E-state index contributed by atoms with van der Waals surface area (Å²) in [6, 6.07) is 7.44. The van der Waals surface area contributed by atoms with Gasteiger partial charge in [-0.25, -0.2) is 4.79 Å². The Balaban J connectivity index is 1.57. The van der Waals surface area contributed by atoms with Crippen molar-refractivity contribution in [2.24, 2.45) is 0 Å². The summed E-state index contributed by atoms with van der Waals surface area (Å²) in [6.07, 6.45) is -3.64. The first-order valence-corrected chi connectivity index (χ1v) is 8.26. The van der Waals surface area contributed by atoms with Gasteiger partial charge in [0.15, 0.2) is 18.5 Å². The molecule has 8 nitrogen and oxygen atoms in total. The largest absolute Gasteiger partial charge is 0.509 e. The zero-order valence-corrected chi connectivity index (χ0v) is 14.4. The number of carbonyl (C=O) groups is 1. The van der Waals surface area contributed by atoms with Crippen LogP contribution in [0.15, 0.2) is 36.9 Å². The maximum Gasteiger partial charge on any atom is 0.509 e. The van der Waals surface area contributed by atoms with Crippen LogP contribution in [0.25, 0.3) is 0 Å². The minimum atomic E-state index is -1.08. The molecule has 1 aromatic rings. The molecule has 0 amide bonds. The number of fused-ring (bicyclic) bond motifs is 1. The Labute approximate surface area is 151 Å². The number of aliphatic hydroxyl groups excluding tert-OH is 1. The molecule has 2 heterocycles. The predicted molar refractivity (Wildman–Crippen MR) is 88.6 cm³/mol. The predicted octanol–water partition coefficient (Wildman–Crippen LogP) is 1.40. The molecule has 2 fully saturated rings. The monoisotopic (exact) mass is 366 g/mol. The molecule has 2 aliphatic heterocycles. The molecule has 3 rings (SSSR count). The standard InChI is InChI=1S/C18H22O8/c1-3-8-23-17-16-15(25-18(20)26-16)14(19)13(24-17)10-22-9-11-4-6-12(21-2)7-5-11/h3-7,13-17,19H,1,8-10H2,2H3/t13-,14-,15+,16+,17+/m1/s1. The van der Waals surface area contributed by atoms with Crippen LogP contribution >= 0.6 is 0 Å². The third kappa shape index (κ3) is 4.16. The van der Waals surface area contributed by atoms with Gasteiger partial charge in [0.1, 0.15) is 18.0 Å². The minimum Gasteiger partial charge on any atom is -0.497 e. The van der Waals surface area contributed by atoms with Gasteiger partial charge in [-0.15, -0.1) is 6.58 Å². The maximum atomic E-state index is 11.4. The third-order valence-electron chi connectivity index (χ3n) is 4.17. The average Bonchev–Trinajstić information content (AvgIpc) is 3.05. The van der Waals surface area contributed by atoms with Crippen molar-refractivity contribution in [2.75, 3.05) is 20.3 Å². The summed E-state index contributed by atoms with van der Waals surface area (Å²) in [7, 11) is 1.60. The highest BCUT2D eigenvalue weighted by Crippen LogP contribution is 2.31. The summed E-state index contributed by atoms with van der Waals surface area (Å²) in [5, 5.41) is 10.4. The van der Waals surface area contributed by atoms with Crippen molar-refractivity contribution in [3.63, 3.8) is 0 Å². The molecule has 0 radical (unpaired) electrons. The summed E-state index contributed by atoms with van der Waals surface area (Å²) >= 11 is 0. The van der Waals surface area contributed by atoms with Crippen molar-refractivity contribution in [1.29, 1.82) is 0 Å². The lowest BCUT2D eigenvalue weighted by molar-refractivity contribution is -0.278. The highest BCUT2D eigenvalue weighted by atomic mass is 16.8. The van der Waals surface area contributed by atoms with E-state index in [0.29, 0.717) is 6.61 Å². The number of hydrogen-bond acceptors (Lipinski definition) is 8. The van der Waals surface area contributed by atoms with E-state index in [9.17, 15) is 9.90 Å². The van der Waals surface area contributed by atoms with E-state index in [1.54, 1.807) is 13.2 Å². The summed E-state index contributed by atoms with van der Waals surface area (Å²) in [4.78, 5) is 11.4. The number of benzene rings is 1. The Kier molecular flexibility index (Phi) is 6.10. The second-order valence-electron chi connectivity index (χ2n) is 5.93. The number of aliphatic hydroxyl groups is 1. The van der Waals surface area contributed by atoms with Gasteiger partial charge in [0.25, 0.3) is 0 Å². The molecule has 0 bridgehead atoms. The fraction of sp³-hybridized carbons (Fsp3) is 0.500. The smallest absolute Gasteiger partial charge is 0.497 e. The Hall–Kier alpha value is -2.13. The highest BCUT2D eigenvalue weighted by molar-refractivity contribution is 5.62. The Morgan fingerprint density at radius 3 is 2.65 bits per heavy atom. The Bertz CT molecular complexity index is 616. The van der Waals surface area contributed by atoms with Gasteiger partial charge >= 0.3 is 6.16 Å². The van der Waals surface area contributed by atoms with Crippen LogP contribution in [0, 0.1) is 0 Å². The molecule has 2 saturated heterocycles. The SMILES string of the molecule is C=CCO[C@H]1O[C@H](COCc2ccc(OC)cc2)[C@@H](O)[C@@H]2OC(=O)O[C@H]12. The lowest BCUT2D eigenvalue weighted by Gasteiger charge is -2.38. The van der Waals surface area contributed by atoms with E-state index in [2.05, 4.69) is 6.58 Å². The number of hydrogen-bond donors (Lipinski definition) is 1. The molecule has 0 saturated carbocycles. The molecule has 8 heteroatoms. The van der Waals surface area contributed by atoms with Gasteiger partial charge in [-0.05, 0) is 17.7 Å². The van der Waals surface area contributed by atoms with Crippen LogP contribution < -0.4 is 4.74 Å². The normalized spacial score (nSPS) is 30.2. The molecule has 1 aromatic carbocycles. The van der Waals surface area contributed by atoms with Crippen LogP contribution in [0.5, 0.6) is 5.75 Å². The van der Waals surface area contributed by atoms with Gasteiger partial charge in [0.05, 0.1) is 26.9 Å². The molecule has 1 N–H and O–H groups in total. The van der Waals surface area contributed by atoms with E-state index in [4.69, 9.17) is 28.4 Å². The molecule has 0 spiro atoms. The first-order chi connectivity index (χ1) is 12.6. The summed E-state index contributed by atoms with van der Waals surface area (Å²) in [6.45, 7) is 4.21. The zero-order valence-electron chi connectivity index (χ0n) is 14.4. The molecule has 142 valence electrons. The van der Waals surface area contributed by atoms with Crippen molar-refractivity contribution in [2.45, 2.75) is 37.3 Å². The molecule has 2 aliphatic rings. The number of methoxy groups -OCH3 is 1. The molecule has 26 heavy (non-hydrogen) atoms. The van der Waals surface area contributed by atoms with Crippen molar-refractivity contribution in [3.8, 4) is 5.75 Å². The van der Waals surface area contributed by atoms with Crippen LogP contribution in [0.4, 0.5) is 4.79 Å². The summed E-state index contributed by atoms with van der Waals surface area (Å²) < 4.78 is 32.0. The van der Waals surface area contributed by atoms with Crippen LogP contribution in [0.3, 0.4) is 0 Å². The summed E-state index contributed by atoms with van der Waals surface area (Å²) in [5.74, 6) is 0.760. The van der Waals surface area contributed by atoms with Gasteiger partial charge in [-0.3, -0.25) is 0 Å². The molecule has 0 aliphatic carbocycles. The Morgan fingerprint density at radius 1 is 1.23 bits per heavy atom. The van der Waals surface area contributed by atoms with E-state index < -0.39 is 36.9 Å². The molecular formula is C18H22O8. The zero-order chi connectivity index (χ0) is 18.5. The number of rotatable bonds is 8. The first-order valence-electron chi connectivity index (χ1n) is 8.26.